The highest BCUT2D eigenvalue weighted by Crippen LogP contribution is 2.29. The molecule has 160 valence electrons. The third-order valence-electron chi connectivity index (χ3n) is 5.79. The highest BCUT2D eigenvalue weighted by molar-refractivity contribution is 6.06. The Balaban J connectivity index is 1.57. The van der Waals surface area contributed by atoms with Crippen molar-refractivity contribution in [3.05, 3.63) is 24.3 Å². The lowest BCUT2D eigenvalue weighted by Crippen LogP contribution is -2.52. The third kappa shape index (κ3) is 4.83. The number of imide groups is 1. The first kappa shape index (κ1) is 21.4. The lowest BCUT2D eigenvalue weighted by Gasteiger charge is -2.37. The van der Waals surface area contributed by atoms with Gasteiger partial charge in [0.25, 0.3) is 5.91 Å². The van der Waals surface area contributed by atoms with Crippen LogP contribution in [0.25, 0.3) is 0 Å². The van der Waals surface area contributed by atoms with E-state index in [0.29, 0.717) is 25.6 Å². The van der Waals surface area contributed by atoms with E-state index >= 15 is 0 Å². The van der Waals surface area contributed by atoms with Crippen molar-refractivity contribution in [1.29, 1.82) is 0 Å². The Bertz CT molecular complexity index is 731. The zero-order valence-electron chi connectivity index (χ0n) is 18.1. The first-order valence-electron chi connectivity index (χ1n) is 10.7. The molecule has 0 spiro atoms. The van der Waals surface area contributed by atoms with Crippen LogP contribution in [0, 0.1) is 5.92 Å². The number of carbonyl (C=O) groups excluding carboxylic acids is 2. The van der Waals surface area contributed by atoms with Crippen molar-refractivity contribution in [3.8, 4) is 5.75 Å². The van der Waals surface area contributed by atoms with Gasteiger partial charge in [0, 0.05) is 26.2 Å². The summed E-state index contributed by atoms with van der Waals surface area (Å²) in [6, 6.07) is 7.81. The summed E-state index contributed by atoms with van der Waals surface area (Å²) in [6.07, 6.45) is 1.59. The summed E-state index contributed by atoms with van der Waals surface area (Å²) >= 11 is 0. The summed E-state index contributed by atoms with van der Waals surface area (Å²) in [4.78, 5) is 31.2. The second-order valence-corrected chi connectivity index (χ2v) is 8.58. The molecule has 0 aromatic heterocycles. The fraction of sp³-hybridized carbons (Fsp3) is 0.636. The van der Waals surface area contributed by atoms with E-state index in [0.717, 1.165) is 44.0 Å². The molecule has 2 fully saturated rings. The molecule has 2 heterocycles. The minimum Gasteiger partial charge on any atom is -0.492 e. The first-order chi connectivity index (χ1) is 13.8. The Morgan fingerprint density at radius 2 is 1.83 bits per heavy atom. The number of piperazine rings is 1. The number of hydrogen-bond acceptors (Lipinski definition) is 5. The number of ether oxygens (including phenoxy) is 1. The van der Waals surface area contributed by atoms with Gasteiger partial charge in [-0.05, 0) is 44.7 Å². The summed E-state index contributed by atoms with van der Waals surface area (Å²) < 4.78 is 5.75. The average molecular weight is 403 g/mol. The van der Waals surface area contributed by atoms with Gasteiger partial charge in [-0.15, -0.1) is 0 Å². The van der Waals surface area contributed by atoms with Crippen LogP contribution in [0.1, 0.15) is 40.5 Å². The maximum atomic E-state index is 12.9. The quantitative estimate of drug-likeness (QED) is 0.678. The molecule has 2 saturated heterocycles. The molecule has 7 nitrogen and oxygen atoms in total. The summed E-state index contributed by atoms with van der Waals surface area (Å²) in [7, 11) is 0. The summed E-state index contributed by atoms with van der Waals surface area (Å²) in [5, 5.41) is 2.92. The second-order valence-electron chi connectivity index (χ2n) is 8.58. The van der Waals surface area contributed by atoms with Crippen LogP contribution in [0.2, 0.25) is 0 Å². The SMILES string of the molecule is CCOc1ccccc1N1CCN(CN2C(=O)N[C@](C)(CCC(C)C)C2=O)CC1. The van der Waals surface area contributed by atoms with Gasteiger partial charge in [-0.25, -0.2) is 9.69 Å². The topological polar surface area (TPSA) is 65.1 Å². The van der Waals surface area contributed by atoms with Crippen LogP contribution >= 0.6 is 0 Å². The number of urea groups is 1. The third-order valence-corrected chi connectivity index (χ3v) is 5.79. The number of nitrogens with zero attached hydrogens (tertiary/aromatic N) is 3. The Hall–Kier alpha value is -2.28. The van der Waals surface area contributed by atoms with Crippen LogP contribution in [0.4, 0.5) is 10.5 Å². The standard InChI is InChI=1S/C22H34N4O3/c1-5-29-19-9-7-6-8-18(19)25-14-12-24(13-15-25)16-26-20(27)22(4,23-21(26)28)11-10-17(2)3/h6-9,17H,5,10-16H2,1-4H3,(H,23,28)/t22-/m1/s1. The van der Waals surface area contributed by atoms with E-state index in [1.54, 1.807) is 0 Å². The molecule has 0 unspecified atom stereocenters. The highest BCUT2D eigenvalue weighted by atomic mass is 16.5. The van der Waals surface area contributed by atoms with Crippen molar-refractivity contribution in [2.75, 3.05) is 44.4 Å². The number of benzene rings is 1. The van der Waals surface area contributed by atoms with Gasteiger partial charge in [0.1, 0.15) is 11.3 Å². The van der Waals surface area contributed by atoms with Crippen molar-refractivity contribution < 1.29 is 14.3 Å². The van der Waals surface area contributed by atoms with Gasteiger partial charge < -0.3 is 15.0 Å². The van der Waals surface area contributed by atoms with E-state index in [4.69, 9.17) is 4.74 Å². The molecule has 2 aliphatic heterocycles. The van der Waals surface area contributed by atoms with Crippen LogP contribution in [-0.2, 0) is 4.79 Å². The van der Waals surface area contributed by atoms with Crippen LogP contribution in [0.5, 0.6) is 5.75 Å². The molecule has 3 amide bonds. The summed E-state index contributed by atoms with van der Waals surface area (Å²) in [6.45, 7) is 12.3. The monoisotopic (exact) mass is 402 g/mol. The number of rotatable bonds is 8. The second kappa shape index (κ2) is 9.03. The van der Waals surface area contributed by atoms with Crippen LogP contribution in [0.3, 0.4) is 0 Å². The molecule has 0 aliphatic carbocycles. The van der Waals surface area contributed by atoms with Crippen molar-refractivity contribution >= 4 is 17.6 Å². The Kier molecular flexibility index (Phi) is 6.67. The molecule has 1 atom stereocenters. The van der Waals surface area contributed by atoms with Gasteiger partial charge >= 0.3 is 6.03 Å². The Labute approximate surface area is 174 Å². The average Bonchev–Trinajstić information content (AvgIpc) is 2.91. The predicted octanol–water partition coefficient (Wildman–Crippen LogP) is 2.91. The van der Waals surface area contributed by atoms with Gasteiger partial charge in [-0.1, -0.05) is 26.0 Å². The molecule has 3 rings (SSSR count). The van der Waals surface area contributed by atoms with Gasteiger partial charge in [0.05, 0.1) is 19.0 Å². The predicted molar refractivity (Wildman–Crippen MR) is 114 cm³/mol. The smallest absolute Gasteiger partial charge is 0.326 e. The molecular formula is C22H34N4O3. The van der Waals surface area contributed by atoms with Gasteiger partial charge in [-0.2, -0.15) is 0 Å². The maximum absolute atomic E-state index is 12.9. The molecular weight excluding hydrogens is 368 g/mol. The van der Waals surface area contributed by atoms with E-state index in [2.05, 4.69) is 35.0 Å². The number of anilines is 1. The highest BCUT2D eigenvalue weighted by Gasteiger charge is 2.47. The zero-order valence-corrected chi connectivity index (χ0v) is 18.1. The number of amides is 3. The Morgan fingerprint density at radius 3 is 2.48 bits per heavy atom. The fourth-order valence-corrected chi connectivity index (χ4v) is 3.95. The number of para-hydroxylation sites is 2. The molecule has 1 N–H and O–H groups in total. The number of nitrogens with one attached hydrogen (secondary N) is 1. The van der Waals surface area contributed by atoms with Crippen molar-refractivity contribution in [3.63, 3.8) is 0 Å². The normalized spacial score (nSPS) is 23.1. The van der Waals surface area contributed by atoms with E-state index < -0.39 is 5.54 Å². The number of hydrogen-bond donors (Lipinski definition) is 1. The van der Waals surface area contributed by atoms with Crippen LogP contribution < -0.4 is 15.0 Å². The molecule has 7 heteroatoms. The van der Waals surface area contributed by atoms with Gasteiger partial charge in [0.15, 0.2) is 0 Å². The molecule has 29 heavy (non-hydrogen) atoms. The molecule has 1 aromatic rings. The van der Waals surface area contributed by atoms with Crippen molar-refractivity contribution in [1.82, 2.24) is 15.1 Å². The molecule has 0 bridgehead atoms. The van der Waals surface area contributed by atoms with Crippen molar-refractivity contribution in [2.24, 2.45) is 5.92 Å². The summed E-state index contributed by atoms with van der Waals surface area (Å²) in [5.74, 6) is 1.30. The molecule has 0 saturated carbocycles. The maximum Gasteiger partial charge on any atom is 0.326 e. The van der Waals surface area contributed by atoms with E-state index in [1.807, 2.05) is 32.0 Å². The van der Waals surface area contributed by atoms with Crippen LogP contribution in [-0.4, -0.2) is 66.7 Å². The largest absolute Gasteiger partial charge is 0.492 e. The minimum absolute atomic E-state index is 0.104. The molecule has 2 aliphatic rings. The lowest BCUT2D eigenvalue weighted by molar-refractivity contribution is -0.132. The summed E-state index contributed by atoms with van der Waals surface area (Å²) in [5.41, 5.74) is 0.324. The zero-order chi connectivity index (χ0) is 21.0. The van der Waals surface area contributed by atoms with Crippen LogP contribution in [0.15, 0.2) is 24.3 Å². The van der Waals surface area contributed by atoms with E-state index in [1.165, 1.54) is 4.90 Å². The van der Waals surface area contributed by atoms with E-state index in [-0.39, 0.29) is 11.9 Å². The fourth-order valence-electron chi connectivity index (χ4n) is 3.95. The van der Waals surface area contributed by atoms with Crippen molar-refractivity contribution in [2.45, 2.75) is 46.1 Å². The molecule has 0 radical (unpaired) electrons. The lowest BCUT2D eigenvalue weighted by atomic mass is 9.92. The minimum atomic E-state index is -0.778. The van der Waals surface area contributed by atoms with Gasteiger partial charge in [0.2, 0.25) is 0 Å². The number of carbonyl (C=O) groups is 2. The van der Waals surface area contributed by atoms with E-state index in [9.17, 15) is 9.59 Å². The Morgan fingerprint density at radius 1 is 1.14 bits per heavy atom. The first-order valence-corrected chi connectivity index (χ1v) is 10.7. The van der Waals surface area contributed by atoms with Gasteiger partial charge in [-0.3, -0.25) is 9.69 Å². The molecule has 1 aromatic carbocycles.